The molecule has 1 aromatic rings. The van der Waals surface area contributed by atoms with E-state index in [9.17, 15) is 14.0 Å². The topological polar surface area (TPSA) is 66.4 Å². The molecular formula is C13H16FNO3S. The van der Waals surface area contributed by atoms with Gasteiger partial charge in [-0.05, 0) is 24.1 Å². The van der Waals surface area contributed by atoms with Crippen molar-refractivity contribution < 1.29 is 19.1 Å². The van der Waals surface area contributed by atoms with Crippen LogP contribution >= 0.6 is 11.8 Å². The number of hydrogen-bond acceptors (Lipinski definition) is 3. The molecule has 1 rings (SSSR count). The van der Waals surface area contributed by atoms with Crippen molar-refractivity contribution in [3.63, 3.8) is 0 Å². The van der Waals surface area contributed by atoms with Crippen LogP contribution in [0.4, 0.5) is 4.39 Å². The highest BCUT2D eigenvalue weighted by molar-refractivity contribution is 7.99. The van der Waals surface area contributed by atoms with Crippen molar-refractivity contribution in [1.29, 1.82) is 0 Å². The predicted molar refractivity (Wildman–Crippen MR) is 72.7 cm³/mol. The van der Waals surface area contributed by atoms with Gasteiger partial charge in [-0.15, -0.1) is 11.8 Å². The van der Waals surface area contributed by atoms with E-state index in [4.69, 9.17) is 5.11 Å². The van der Waals surface area contributed by atoms with Gasteiger partial charge in [0.25, 0.3) is 0 Å². The minimum absolute atomic E-state index is 0.0471. The van der Waals surface area contributed by atoms with Crippen LogP contribution in [0.3, 0.4) is 0 Å². The van der Waals surface area contributed by atoms with E-state index in [1.54, 1.807) is 12.1 Å². The normalized spacial score (nSPS) is 10.2. The van der Waals surface area contributed by atoms with E-state index in [1.807, 2.05) is 0 Å². The second kappa shape index (κ2) is 8.53. The lowest BCUT2D eigenvalue weighted by Crippen LogP contribution is -2.26. The van der Waals surface area contributed by atoms with Crippen molar-refractivity contribution in [3.05, 3.63) is 35.6 Å². The Balaban J connectivity index is 2.11. The SMILES string of the molecule is O=C(O)CSCCNC(=O)CCc1ccc(F)cc1. The molecule has 104 valence electrons. The van der Waals surface area contributed by atoms with Gasteiger partial charge in [-0.2, -0.15) is 0 Å². The minimum atomic E-state index is -0.854. The summed E-state index contributed by atoms with van der Waals surface area (Å²) < 4.78 is 12.7. The maximum atomic E-state index is 12.7. The van der Waals surface area contributed by atoms with Crippen LogP contribution in [-0.2, 0) is 16.0 Å². The third kappa shape index (κ3) is 7.46. The molecule has 1 amide bonds. The first kappa shape index (κ1) is 15.5. The van der Waals surface area contributed by atoms with E-state index in [0.717, 1.165) is 5.56 Å². The van der Waals surface area contributed by atoms with Crippen molar-refractivity contribution in [1.82, 2.24) is 5.32 Å². The summed E-state index contributed by atoms with van der Waals surface area (Å²) in [6.45, 7) is 0.459. The van der Waals surface area contributed by atoms with Crippen molar-refractivity contribution in [2.24, 2.45) is 0 Å². The molecule has 19 heavy (non-hydrogen) atoms. The summed E-state index contributed by atoms with van der Waals surface area (Å²) in [4.78, 5) is 21.7. The molecule has 0 aliphatic rings. The first-order valence-electron chi connectivity index (χ1n) is 5.88. The molecule has 0 spiro atoms. The van der Waals surface area contributed by atoms with Gasteiger partial charge in [0.2, 0.25) is 5.91 Å². The molecule has 0 saturated heterocycles. The summed E-state index contributed by atoms with van der Waals surface area (Å²) in [6, 6.07) is 6.06. The summed E-state index contributed by atoms with van der Waals surface area (Å²) in [5.41, 5.74) is 0.914. The van der Waals surface area contributed by atoms with Crippen LogP contribution in [0.15, 0.2) is 24.3 Å². The molecule has 0 aliphatic heterocycles. The summed E-state index contributed by atoms with van der Waals surface area (Å²) >= 11 is 1.26. The van der Waals surface area contributed by atoms with Gasteiger partial charge in [-0.1, -0.05) is 12.1 Å². The number of halogens is 1. The van der Waals surface area contributed by atoms with Gasteiger partial charge in [0.05, 0.1) is 5.75 Å². The fourth-order valence-corrected chi connectivity index (χ4v) is 1.98. The number of carboxylic acid groups (broad SMARTS) is 1. The number of thioether (sulfide) groups is 1. The maximum absolute atomic E-state index is 12.7. The largest absolute Gasteiger partial charge is 0.481 e. The summed E-state index contributed by atoms with van der Waals surface area (Å²) in [5.74, 6) is -0.600. The molecule has 4 nitrogen and oxygen atoms in total. The number of hydrogen-bond donors (Lipinski definition) is 2. The van der Waals surface area contributed by atoms with Crippen LogP contribution in [0, 0.1) is 5.82 Å². The monoisotopic (exact) mass is 285 g/mol. The lowest BCUT2D eigenvalue weighted by atomic mass is 10.1. The number of nitrogens with one attached hydrogen (secondary N) is 1. The zero-order chi connectivity index (χ0) is 14.1. The van der Waals surface area contributed by atoms with Crippen LogP contribution in [-0.4, -0.2) is 35.0 Å². The molecule has 0 unspecified atom stereocenters. The first-order chi connectivity index (χ1) is 9.08. The standard InChI is InChI=1S/C13H16FNO3S/c14-11-4-1-10(2-5-11)3-6-12(16)15-7-8-19-9-13(17)18/h1-2,4-5H,3,6-9H2,(H,15,16)(H,17,18). The second-order valence-corrected chi connectivity index (χ2v) is 5.03. The fraction of sp³-hybridized carbons (Fsp3) is 0.385. The number of aliphatic carboxylic acids is 1. The molecule has 0 bridgehead atoms. The van der Waals surface area contributed by atoms with Gasteiger partial charge in [-0.3, -0.25) is 9.59 Å². The summed E-state index contributed by atoms with van der Waals surface area (Å²) in [7, 11) is 0. The number of benzene rings is 1. The molecule has 1 aromatic carbocycles. The Labute approximate surface area is 115 Å². The van der Waals surface area contributed by atoms with Crippen molar-refractivity contribution in [3.8, 4) is 0 Å². The minimum Gasteiger partial charge on any atom is -0.481 e. The van der Waals surface area contributed by atoms with Crippen LogP contribution in [0.25, 0.3) is 0 Å². The van der Waals surface area contributed by atoms with Crippen LogP contribution in [0.2, 0.25) is 0 Å². The number of carbonyl (C=O) groups excluding carboxylic acids is 1. The van der Waals surface area contributed by atoms with E-state index < -0.39 is 5.97 Å². The van der Waals surface area contributed by atoms with Gasteiger partial charge in [-0.25, -0.2) is 4.39 Å². The molecule has 0 radical (unpaired) electrons. The van der Waals surface area contributed by atoms with Gasteiger partial charge in [0.15, 0.2) is 0 Å². The molecule has 0 atom stereocenters. The van der Waals surface area contributed by atoms with E-state index in [-0.39, 0.29) is 17.5 Å². The van der Waals surface area contributed by atoms with Crippen LogP contribution in [0.1, 0.15) is 12.0 Å². The Morgan fingerprint density at radius 3 is 2.58 bits per heavy atom. The molecule has 0 heterocycles. The van der Waals surface area contributed by atoms with Gasteiger partial charge in [0, 0.05) is 18.7 Å². The third-order valence-corrected chi connectivity index (χ3v) is 3.29. The van der Waals surface area contributed by atoms with E-state index >= 15 is 0 Å². The smallest absolute Gasteiger partial charge is 0.313 e. The summed E-state index contributed by atoms with van der Waals surface area (Å²) in [5, 5.41) is 11.1. The Morgan fingerprint density at radius 2 is 1.95 bits per heavy atom. The number of rotatable bonds is 8. The Hall–Kier alpha value is -1.56. The molecule has 2 N–H and O–H groups in total. The van der Waals surface area contributed by atoms with E-state index in [1.165, 1.54) is 23.9 Å². The summed E-state index contributed by atoms with van der Waals surface area (Å²) in [6.07, 6.45) is 0.906. The lowest BCUT2D eigenvalue weighted by Gasteiger charge is -2.04. The average Bonchev–Trinajstić information content (AvgIpc) is 2.37. The van der Waals surface area contributed by atoms with Crippen molar-refractivity contribution >= 4 is 23.6 Å². The second-order valence-electron chi connectivity index (χ2n) is 3.92. The molecular weight excluding hydrogens is 269 g/mol. The first-order valence-corrected chi connectivity index (χ1v) is 7.04. The van der Waals surface area contributed by atoms with Crippen LogP contribution in [0.5, 0.6) is 0 Å². The lowest BCUT2D eigenvalue weighted by molar-refractivity contribution is -0.133. The van der Waals surface area contributed by atoms with Gasteiger partial charge >= 0.3 is 5.97 Å². The highest BCUT2D eigenvalue weighted by Crippen LogP contribution is 2.05. The van der Waals surface area contributed by atoms with Gasteiger partial charge in [0.1, 0.15) is 5.82 Å². The average molecular weight is 285 g/mol. The Bertz CT molecular complexity index is 422. The molecule has 6 heteroatoms. The third-order valence-electron chi connectivity index (χ3n) is 2.35. The highest BCUT2D eigenvalue weighted by Gasteiger charge is 2.02. The predicted octanol–water partition coefficient (Wildman–Crippen LogP) is 1.69. The number of carbonyl (C=O) groups is 2. The highest BCUT2D eigenvalue weighted by atomic mass is 32.2. The quantitative estimate of drug-likeness (QED) is 0.713. The van der Waals surface area contributed by atoms with Crippen molar-refractivity contribution in [2.75, 3.05) is 18.1 Å². The van der Waals surface area contributed by atoms with E-state index in [2.05, 4.69) is 5.32 Å². The zero-order valence-corrected chi connectivity index (χ0v) is 11.2. The van der Waals surface area contributed by atoms with Gasteiger partial charge < -0.3 is 10.4 Å². The fourth-order valence-electron chi connectivity index (χ4n) is 1.42. The Kier molecular flexibility index (Phi) is 6.95. The maximum Gasteiger partial charge on any atom is 0.313 e. The number of aryl methyl sites for hydroxylation is 1. The number of amides is 1. The molecule has 0 fully saturated rings. The van der Waals surface area contributed by atoms with Crippen LogP contribution < -0.4 is 5.32 Å². The van der Waals surface area contributed by atoms with Crippen molar-refractivity contribution in [2.45, 2.75) is 12.8 Å². The zero-order valence-electron chi connectivity index (χ0n) is 10.4. The Morgan fingerprint density at radius 1 is 1.26 bits per heavy atom. The van der Waals surface area contributed by atoms with E-state index in [0.29, 0.717) is 25.1 Å². The molecule has 0 aromatic heterocycles. The molecule has 0 saturated carbocycles. The molecule has 0 aliphatic carbocycles. The number of carboxylic acids is 1.